The normalized spacial score (nSPS) is 29.0. The van der Waals surface area contributed by atoms with Gasteiger partial charge in [0.2, 0.25) is 11.8 Å². The number of nitro benzene ring substituents is 1. The molecule has 2 aromatic rings. The van der Waals surface area contributed by atoms with Crippen LogP contribution in [-0.4, -0.2) is 16.7 Å². The Morgan fingerprint density at radius 1 is 0.880 bits per heavy atom. The van der Waals surface area contributed by atoms with Gasteiger partial charge in [-0.1, -0.05) is 24.3 Å². The van der Waals surface area contributed by atoms with Crippen molar-refractivity contribution in [1.29, 1.82) is 0 Å². The van der Waals surface area contributed by atoms with E-state index in [9.17, 15) is 19.7 Å². The van der Waals surface area contributed by atoms with Gasteiger partial charge in [0, 0.05) is 24.2 Å². The molecule has 3 heterocycles. The maximum Gasteiger partial charge on any atom is 0.269 e. The minimum atomic E-state index is -0.507. The molecule has 3 aliphatic rings. The molecule has 0 aromatic heterocycles. The SMILES string of the molecule is O=C1[C@@H]2[C@H](C(=O)N1c1ccc([N+](=O)[O-])cc1)[C@H]1N[C@@H]2c2ccccc21. The van der Waals surface area contributed by atoms with E-state index in [0.717, 1.165) is 11.1 Å². The number of nitro groups is 1. The van der Waals surface area contributed by atoms with Crippen molar-refractivity contribution in [3.8, 4) is 0 Å². The highest BCUT2D eigenvalue weighted by Gasteiger charge is 2.63. The topological polar surface area (TPSA) is 92.5 Å². The van der Waals surface area contributed by atoms with Crippen LogP contribution in [0.4, 0.5) is 11.4 Å². The van der Waals surface area contributed by atoms with Gasteiger partial charge in [-0.15, -0.1) is 0 Å². The summed E-state index contributed by atoms with van der Waals surface area (Å²) in [6.45, 7) is 0. The summed E-state index contributed by atoms with van der Waals surface area (Å²) in [7, 11) is 0. The summed E-state index contributed by atoms with van der Waals surface area (Å²) in [5, 5.41) is 14.2. The molecule has 1 N–H and O–H groups in total. The first-order chi connectivity index (χ1) is 12.1. The summed E-state index contributed by atoms with van der Waals surface area (Å²) in [5.41, 5.74) is 2.48. The first kappa shape index (κ1) is 14.3. The first-order valence-corrected chi connectivity index (χ1v) is 8.05. The summed E-state index contributed by atoms with van der Waals surface area (Å²) in [6.07, 6.45) is 0. The Kier molecular flexibility index (Phi) is 2.71. The molecule has 2 fully saturated rings. The Bertz CT molecular complexity index is 893. The van der Waals surface area contributed by atoms with Crippen molar-refractivity contribution in [2.45, 2.75) is 12.1 Å². The lowest BCUT2D eigenvalue weighted by atomic mass is 9.77. The van der Waals surface area contributed by atoms with E-state index in [1.165, 1.54) is 29.2 Å². The van der Waals surface area contributed by atoms with E-state index < -0.39 is 16.8 Å². The lowest BCUT2D eigenvalue weighted by Crippen LogP contribution is -2.34. The van der Waals surface area contributed by atoms with E-state index >= 15 is 0 Å². The van der Waals surface area contributed by atoms with Gasteiger partial charge in [0.05, 0.1) is 22.4 Å². The molecule has 124 valence electrons. The van der Waals surface area contributed by atoms with E-state index in [1.54, 1.807) is 0 Å². The molecule has 0 unspecified atom stereocenters. The fraction of sp³-hybridized carbons (Fsp3) is 0.222. The van der Waals surface area contributed by atoms with E-state index in [2.05, 4.69) is 5.32 Å². The minimum Gasteiger partial charge on any atom is -0.301 e. The van der Waals surface area contributed by atoms with Gasteiger partial charge >= 0.3 is 0 Å². The number of nitrogens with zero attached hydrogens (tertiary/aromatic N) is 2. The van der Waals surface area contributed by atoms with Crippen LogP contribution in [-0.2, 0) is 9.59 Å². The highest BCUT2D eigenvalue weighted by Crippen LogP contribution is 2.56. The van der Waals surface area contributed by atoms with Crippen LogP contribution in [0.3, 0.4) is 0 Å². The Hall–Kier alpha value is -3.06. The summed E-state index contributed by atoms with van der Waals surface area (Å²) in [5.74, 6) is -1.30. The summed E-state index contributed by atoms with van der Waals surface area (Å²) in [4.78, 5) is 37.4. The quantitative estimate of drug-likeness (QED) is 0.515. The summed E-state index contributed by atoms with van der Waals surface area (Å²) >= 11 is 0. The lowest BCUT2D eigenvalue weighted by molar-refractivity contribution is -0.384. The average Bonchev–Trinajstić information content (AvgIpc) is 3.26. The maximum absolute atomic E-state index is 12.9. The van der Waals surface area contributed by atoms with Crippen molar-refractivity contribution < 1.29 is 14.5 Å². The second-order valence-electron chi connectivity index (χ2n) is 6.59. The Morgan fingerprint density at radius 2 is 1.40 bits per heavy atom. The van der Waals surface area contributed by atoms with E-state index in [0.29, 0.717) is 5.69 Å². The van der Waals surface area contributed by atoms with Gasteiger partial charge in [0.1, 0.15) is 0 Å². The molecule has 3 aliphatic heterocycles. The average molecular weight is 335 g/mol. The minimum absolute atomic E-state index is 0.0721. The van der Waals surface area contributed by atoms with Crippen molar-refractivity contribution in [3.05, 3.63) is 69.8 Å². The largest absolute Gasteiger partial charge is 0.301 e. The van der Waals surface area contributed by atoms with E-state index in [1.807, 2.05) is 24.3 Å². The zero-order valence-corrected chi connectivity index (χ0v) is 13.0. The van der Waals surface area contributed by atoms with E-state index in [4.69, 9.17) is 0 Å². The van der Waals surface area contributed by atoms with Crippen molar-refractivity contribution in [1.82, 2.24) is 5.32 Å². The zero-order chi connectivity index (χ0) is 17.3. The predicted molar refractivity (Wildman–Crippen MR) is 87.6 cm³/mol. The molecular weight excluding hydrogens is 322 g/mol. The number of amides is 2. The van der Waals surface area contributed by atoms with Gasteiger partial charge in [-0.2, -0.15) is 0 Å². The van der Waals surface area contributed by atoms with Crippen LogP contribution in [0.5, 0.6) is 0 Å². The number of hydrogen-bond acceptors (Lipinski definition) is 5. The fourth-order valence-corrected chi connectivity index (χ4v) is 4.44. The van der Waals surface area contributed by atoms with Crippen molar-refractivity contribution in [3.63, 3.8) is 0 Å². The molecule has 25 heavy (non-hydrogen) atoms. The highest BCUT2D eigenvalue weighted by atomic mass is 16.6. The number of carbonyl (C=O) groups excluding carboxylic acids is 2. The lowest BCUT2D eigenvalue weighted by Gasteiger charge is -2.21. The van der Waals surface area contributed by atoms with Crippen LogP contribution in [0.15, 0.2) is 48.5 Å². The van der Waals surface area contributed by atoms with Crippen molar-refractivity contribution in [2.24, 2.45) is 11.8 Å². The first-order valence-electron chi connectivity index (χ1n) is 8.05. The number of nitrogens with one attached hydrogen (secondary N) is 1. The molecule has 7 heteroatoms. The van der Waals surface area contributed by atoms with Gasteiger partial charge in [-0.3, -0.25) is 19.7 Å². The second kappa shape index (κ2) is 4.73. The molecule has 4 atom stereocenters. The number of benzene rings is 2. The van der Waals surface area contributed by atoms with Gasteiger partial charge < -0.3 is 5.32 Å². The molecule has 5 rings (SSSR count). The summed E-state index contributed by atoms with van der Waals surface area (Å²) in [6, 6.07) is 13.1. The fourth-order valence-electron chi connectivity index (χ4n) is 4.44. The molecule has 0 saturated carbocycles. The molecule has 2 aromatic carbocycles. The molecule has 2 bridgehead atoms. The third-order valence-electron chi connectivity index (χ3n) is 5.46. The second-order valence-corrected chi connectivity index (χ2v) is 6.59. The van der Waals surface area contributed by atoms with Crippen LogP contribution in [0, 0.1) is 22.0 Å². The van der Waals surface area contributed by atoms with Crippen LogP contribution in [0.25, 0.3) is 0 Å². The molecule has 0 radical (unpaired) electrons. The van der Waals surface area contributed by atoms with Gasteiger partial charge in [-0.05, 0) is 23.3 Å². The zero-order valence-electron chi connectivity index (χ0n) is 13.0. The highest BCUT2D eigenvalue weighted by molar-refractivity contribution is 6.23. The van der Waals surface area contributed by atoms with Crippen LogP contribution >= 0.6 is 0 Å². The molecule has 0 spiro atoms. The monoisotopic (exact) mass is 335 g/mol. The Balaban J connectivity index is 1.54. The number of carbonyl (C=O) groups is 2. The molecule has 2 amide bonds. The van der Waals surface area contributed by atoms with Crippen molar-refractivity contribution >= 4 is 23.2 Å². The number of fused-ring (bicyclic) bond motifs is 8. The number of imide groups is 1. The molecule has 2 saturated heterocycles. The van der Waals surface area contributed by atoms with E-state index in [-0.39, 0.29) is 29.6 Å². The Morgan fingerprint density at radius 3 is 1.88 bits per heavy atom. The molecule has 0 aliphatic carbocycles. The van der Waals surface area contributed by atoms with Crippen LogP contribution < -0.4 is 10.2 Å². The Labute approximate surface area is 142 Å². The predicted octanol–water partition coefficient (Wildman–Crippen LogP) is 2.10. The summed E-state index contributed by atoms with van der Waals surface area (Å²) < 4.78 is 0. The van der Waals surface area contributed by atoms with Gasteiger partial charge in [-0.25, -0.2) is 4.90 Å². The third-order valence-corrected chi connectivity index (χ3v) is 5.46. The standard InChI is InChI=1S/C18H13N3O4/c22-17-13-14(16-12-4-2-1-3-11(12)15(13)19-16)18(23)20(17)9-5-7-10(8-6-9)21(24)25/h1-8,13-16,19H/t13-,14+,15-,16+. The molecule has 7 nitrogen and oxygen atoms in total. The number of rotatable bonds is 2. The number of hydrogen-bond donors (Lipinski definition) is 1. The smallest absolute Gasteiger partial charge is 0.269 e. The molecular formula is C18H13N3O4. The van der Waals surface area contributed by atoms with Crippen LogP contribution in [0.1, 0.15) is 23.2 Å². The number of anilines is 1. The van der Waals surface area contributed by atoms with Crippen LogP contribution in [0.2, 0.25) is 0 Å². The maximum atomic E-state index is 12.9. The van der Waals surface area contributed by atoms with Gasteiger partial charge in [0.15, 0.2) is 0 Å². The van der Waals surface area contributed by atoms with Gasteiger partial charge in [0.25, 0.3) is 5.69 Å². The number of non-ortho nitro benzene ring substituents is 1. The third kappa shape index (κ3) is 1.73. The van der Waals surface area contributed by atoms with Crippen molar-refractivity contribution in [2.75, 3.05) is 4.90 Å².